The van der Waals surface area contributed by atoms with Crippen LogP contribution in [0.25, 0.3) is 11.1 Å². The zero-order chi connectivity index (χ0) is 24.4. The van der Waals surface area contributed by atoms with Crippen molar-refractivity contribution in [3.05, 3.63) is 83.6 Å². The molecule has 8 nitrogen and oxygen atoms in total. The van der Waals surface area contributed by atoms with Gasteiger partial charge in [-0.05, 0) is 53.6 Å². The van der Waals surface area contributed by atoms with Crippen LogP contribution in [0.15, 0.2) is 66.7 Å². The van der Waals surface area contributed by atoms with Crippen LogP contribution in [0.3, 0.4) is 0 Å². The van der Waals surface area contributed by atoms with Crippen molar-refractivity contribution in [3.8, 4) is 11.1 Å². The van der Waals surface area contributed by atoms with Crippen molar-refractivity contribution >= 4 is 23.8 Å². The number of benzene rings is 2. The van der Waals surface area contributed by atoms with Gasteiger partial charge < -0.3 is 14.7 Å². The molecular formula is C27H25N3O5. The second kappa shape index (κ2) is 9.58. The zero-order valence-corrected chi connectivity index (χ0v) is 19.0. The number of pyridine rings is 1. The number of aromatic nitrogens is 1. The van der Waals surface area contributed by atoms with Gasteiger partial charge in [0.1, 0.15) is 24.2 Å². The molecule has 2 N–H and O–H groups in total. The van der Waals surface area contributed by atoms with Gasteiger partial charge in [0, 0.05) is 12.5 Å². The fraction of sp³-hybridized carbons (Fsp3) is 0.259. The first-order valence-corrected chi connectivity index (χ1v) is 11.7. The summed E-state index contributed by atoms with van der Waals surface area (Å²) >= 11 is 0. The van der Waals surface area contributed by atoms with E-state index in [2.05, 4.69) is 22.4 Å². The molecule has 3 aromatic rings. The number of fused-ring (bicyclic) bond motifs is 3. The molecule has 1 saturated heterocycles. The smallest absolute Gasteiger partial charge is 0.412 e. The highest BCUT2D eigenvalue weighted by molar-refractivity contribution is 5.96. The average molecular weight is 472 g/mol. The fourth-order valence-electron chi connectivity index (χ4n) is 4.94. The molecule has 8 heteroatoms. The number of nitrogens with zero attached hydrogens (tertiary/aromatic N) is 2. The summed E-state index contributed by atoms with van der Waals surface area (Å²) < 4.78 is 5.55. The third kappa shape index (κ3) is 4.47. The summed E-state index contributed by atoms with van der Waals surface area (Å²) in [6.45, 7) is 0.522. The molecule has 2 amide bonds. The van der Waals surface area contributed by atoms with Gasteiger partial charge in [0.25, 0.3) is 5.91 Å². The maximum Gasteiger partial charge on any atom is 0.412 e. The number of piperidine rings is 1. The van der Waals surface area contributed by atoms with Crippen LogP contribution in [0, 0.1) is 0 Å². The van der Waals surface area contributed by atoms with E-state index in [1.54, 1.807) is 12.1 Å². The normalized spacial score (nSPS) is 16.8. The molecule has 178 valence electrons. The summed E-state index contributed by atoms with van der Waals surface area (Å²) in [4.78, 5) is 42.6. The maximum atomic E-state index is 12.9. The number of amides is 2. The van der Waals surface area contributed by atoms with Gasteiger partial charge in [0.2, 0.25) is 0 Å². The van der Waals surface area contributed by atoms with Crippen LogP contribution in [0.1, 0.15) is 46.8 Å². The van der Waals surface area contributed by atoms with Crippen molar-refractivity contribution in [1.29, 1.82) is 0 Å². The highest BCUT2D eigenvalue weighted by Gasteiger charge is 2.33. The van der Waals surface area contributed by atoms with E-state index in [-0.39, 0.29) is 24.0 Å². The number of carboxylic acids is 1. The Bertz CT molecular complexity index is 1250. The number of aliphatic carboxylic acids is 1. The predicted molar refractivity (Wildman–Crippen MR) is 129 cm³/mol. The van der Waals surface area contributed by atoms with Gasteiger partial charge in [0.05, 0.1) is 0 Å². The lowest BCUT2D eigenvalue weighted by Gasteiger charge is -2.32. The monoisotopic (exact) mass is 471 g/mol. The van der Waals surface area contributed by atoms with Gasteiger partial charge in [-0.3, -0.25) is 10.1 Å². The van der Waals surface area contributed by atoms with Crippen molar-refractivity contribution in [2.45, 2.75) is 31.2 Å². The minimum Gasteiger partial charge on any atom is -0.480 e. The number of hydrogen-bond donors (Lipinski definition) is 2. The lowest BCUT2D eigenvalue weighted by atomic mass is 9.98. The highest BCUT2D eigenvalue weighted by atomic mass is 16.5. The number of carboxylic acid groups (broad SMARTS) is 1. The summed E-state index contributed by atoms with van der Waals surface area (Å²) in [6, 6.07) is 20.0. The SMILES string of the molecule is O=C(Nc1cccc(C(=O)N2CCCC[C@@H]2C(=O)O)n1)OCC1c2ccccc2-c2ccccc21. The molecule has 1 atom stereocenters. The standard InChI is InChI=1S/C27H25N3O5/c31-25(30-15-6-5-13-23(30)26(32)33)22-12-7-14-24(28-22)29-27(34)35-16-21-19-10-3-1-8-17(19)18-9-2-4-11-20(18)21/h1-4,7-12,14,21,23H,5-6,13,15-16H2,(H,32,33)(H,28,29,34)/t23-/m1/s1. The van der Waals surface area contributed by atoms with Crippen LogP contribution in [0.4, 0.5) is 10.6 Å². The molecule has 1 aromatic heterocycles. The summed E-state index contributed by atoms with van der Waals surface area (Å²) in [5.41, 5.74) is 4.59. The Balaban J connectivity index is 1.26. The predicted octanol–water partition coefficient (Wildman–Crippen LogP) is 4.52. The van der Waals surface area contributed by atoms with Crippen molar-refractivity contribution in [2.75, 3.05) is 18.5 Å². The fourth-order valence-corrected chi connectivity index (χ4v) is 4.94. The Hall–Kier alpha value is -4.20. The van der Waals surface area contributed by atoms with Crippen molar-refractivity contribution in [3.63, 3.8) is 0 Å². The molecule has 2 heterocycles. The zero-order valence-electron chi connectivity index (χ0n) is 19.0. The van der Waals surface area contributed by atoms with E-state index in [4.69, 9.17) is 4.74 Å². The average Bonchev–Trinajstić information content (AvgIpc) is 3.21. The number of likely N-dealkylation sites (tertiary alicyclic amines) is 1. The lowest BCUT2D eigenvalue weighted by molar-refractivity contribution is -0.143. The number of carbonyl (C=O) groups excluding carboxylic acids is 2. The number of nitrogens with one attached hydrogen (secondary N) is 1. The van der Waals surface area contributed by atoms with E-state index in [1.807, 2.05) is 36.4 Å². The van der Waals surface area contributed by atoms with Crippen LogP contribution in [0.2, 0.25) is 0 Å². The molecular weight excluding hydrogens is 446 g/mol. The third-order valence-corrected chi connectivity index (χ3v) is 6.59. The Labute approximate surface area is 202 Å². The quantitative estimate of drug-likeness (QED) is 0.566. The minimum absolute atomic E-state index is 0.0684. The topological polar surface area (TPSA) is 109 Å². The molecule has 1 aliphatic heterocycles. The summed E-state index contributed by atoms with van der Waals surface area (Å²) in [5.74, 6) is -1.39. The Morgan fingerprint density at radius 1 is 0.943 bits per heavy atom. The number of anilines is 1. The number of hydrogen-bond acceptors (Lipinski definition) is 5. The first kappa shape index (κ1) is 22.6. The molecule has 1 aliphatic carbocycles. The van der Waals surface area contributed by atoms with Crippen LogP contribution >= 0.6 is 0 Å². The molecule has 5 rings (SSSR count). The Morgan fingerprint density at radius 3 is 2.31 bits per heavy atom. The van der Waals surface area contributed by atoms with Gasteiger partial charge in [0.15, 0.2) is 0 Å². The summed E-state index contributed by atoms with van der Waals surface area (Å²) in [5, 5.41) is 12.0. The largest absolute Gasteiger partial charge is 0.480 e. The van der Waals surface area contributed by atoms with Gasteiger partial charge >= 0.3 is 12.1 Å². The van der Waals surface area contributed by atoms with E-state index in [1.165, 1.54) is 11.0 Å². The number of carbonyl (C=O) groups is 3. The maximum absolute atomic E-state index is 12.9. The number of rotatable bonds is 5. The molecule has 0 saturated carbocycles. The van der Waals surface area contributed by atoms with Gasteiger partial charge in [-0.2, -0.15) is 0 Å². The van der Waals surface area contributed by atoms with Crippen LogP contribution in [0.5, 0.6) is 0 Å². The Morgan fingerprint density at radius 2 is 1.63 bits per heavy atom. The highest BCUT2D eigenvalue weighted by Crippen LogP contribution is 2.44. The van der Waals surface area contributed by atoms with Crippen molar-refractivity contribution in [2.24, 2.45) is 0 Å². The van der Waals surface area contributed by atoms with Gasteiger partial charge in [-0.15, -0.1) is 0 Å². The van der Waals surface area contributed by atoms with E-state index >= 15 is 0 Å². The molecule has 0 radical (unpaired) electrons. The molecule has 2 aromatic carbocycles. The molecule has 2 aliphatic rings. The molecule has 0 bridgehead atoms. The van der Waals surface area contributed by atoms with Gasteiger partial charge in [-0.25, -0.2) is 14.6 Å². The lowest BCUT2D eigenvalue weighted by Crippen LogP contribution is -2.48. The first-order valence-electron chi connectivity index (χ1n) is 11.7. The van der Waals surface area contributed by atoms with E-state index in [0.717, 1.165) is 35.1 Å². The van der Waals surface area contributed by atoms with Gasteiger partial charge in [-0.1, -0.05) is 54.6 Å². The molecule has 0 unspecified atom stereocenters. The second-order valence-corrected chi connectivity index (χ2v) is 8.71. The minimum atomic E-state index is -1.02. The van der Waals surface area contributed by atoms with Crippen molar-refractivity contribution in [1.82, 2.24) is 9.88 Å². The van der Waals surface area contributed by atoms with Crippen LogP contribution in [-0.2, 0) is 9.53 Å². The van der Waals surface area contributed by atoms with Crippen LogP contribution in [-0.4, -0.2) is 52.2 Å². The van der Waals surface area contributed by atoms with E-state index < -0.39 is 24.0 Å². The molecule has 1 fully saturated rings. The number of ether oxygens (including phenoxy) is 1. The molecule has 35 heavy (non-hydrogen) atoms. The van der Waals surface area contributed by atoms with Crippen LogP contribution < -0.4 is 5.32 Å². The second-order valence-electron chi connectivity index (χ2n) is 8.71. The van der Waals surface area contributed by atoms with E-state index in [9.17, 15) is 19.5 Å². The third-order valence-electron chi connectivity index (χ3n) is 6.59. The Kier molecular flexibility index (Phi) is 6.18. The first-order chi connectivity index (χ1) is 17.0. The molecule has 0 spiro atoms. The summed E-state index contributed by atoms with van der Waals surface area (Å²) in [7, 11) is 0. The summed E-state index contributed by atoms with van der Waals surface area (Å²) in [6.07, 6.45) is 1.24. The van der Waals surface area contributed by atoms with E-state index in [0.29, 0.717) is 13.0 Å². The van der Waals surface area contributed by atoms with Crippen molar-refractivity contribution < 1.29 is 24.2 Å².